The van der Waals surface area contributed by atoms with Gasteiger partial charge in [-0.25, -0.2) is 9.18 Å². The fourth-order valence-electron chi connectivity index (χ4n) is 4.66. The Kier molecular flexibility index (Phi) is 7.55. The molecule has 41 heavy (non-hydrogen) atoms. The summed E-state index contributed by atoms with van der Waals surface area (Å²) >= 11 is 1.98. The molecule has 0 bridgehead atoms. The summed E-state index contributed by atoms with van der Waals surface area (Å²) in [4.78, 5) is 64.5. The van der Waals surface area contributed by atoms with E-state index in [-0.39, 0.29) is 39.7 Å². The van der Waals surface area contributed by atoms with E-state index in [1.54, 1.807) is 24.3 Å². The quantitative estimate of drug-likeness (QED) is 0.227. The van der Waals surface area contributed by atoms with Crippen molar-refractivity contribution >= 4 is 62.6 Å². The number of halogens is 2. The number of esters is 1. The number of carbonyl (C=O) groups is 2. The Bertz CT molecular complexity index is 1920. The Morgan fingerprint density at radius 3 is 2.49 bits per heavy atom. The second-order valence-electron chi connectivity index (χ2n) is 9.71. The molecule has 0 unspecified atom stereocenters. The minimum atomic E-state index is -0.642. The van der Waals surface area contributed by atoms with Crippen molar-refractivity contribution in [2.75, 3.05) is 17.2 Å². The van der Waals surface area contributed by atoms with E-state index in [2.05, 4.69) is 10.6 Å². The zero-order valence-corrected chi connectivity index (χ0v) is 24.4. The normalized spacial score (nSPS) is 12.8. The van der Waals surface area contributed by atoms with Gasteiger partial charge in [0.05, 0.1) is 16.9 Å². The van der Waals surface area contributed by atoms with E-state index in [0.29, 0.717) is 22.1 Å². The number of fused-ring (bicyclic) bond motifs is 1. The number of amides is 1. The molecule has 1 fully saturated rings. The lowest BCUT2D eigenvalue weighted by atomic mass is 10.1. The third-order valence-electron chi connectivity index (χ3n) is 6.73. The van der Waals surface area contributed by atoms with E-state index in [0.717, 1.165) is 4.57 Å². The van der Waals surface area contributed by atoms with Crippen molar-refractivity contribution in [3.63, 3.8) is 0 Å². The maximum Gasteiger partial charge on any atom is 0.336 e. The van der Waals surface area contributed by atoms with Gasteiger partial charge >= 0.3 is 11.7 Å². The van der Waals surface area contributed by atoms with Crippen LogP contribution in [0.4, 0.5) is 21.6 Å². The highest BCUT2D eigenvalue weighted by Crippen LogP contribution is 2.34. The number of hydrogen-bond acceptors (Lipinski definition) is 7. The Labute approximate surface area is 245 Å². The minimum absolute atomic E-state index is 0.0368. The van der Waals surface area contributed by atoms with Crippen LogP contribution in [0.25, 0.3) is 16.6 Å². The average Bonchev–Trinajstić information content (AvgIpc) is 3.75. The number of nitrogens with one attached hydrogen (secondary N) is 2. The number of ether oxygens (including phenoxy) is 1. The SMILES string of the molecule is CC(=O)OCC(=O)Nc1cccc(-n2c(=O)n(C3CC3)c(=O)c3c(Nc4ccc(I)cc4F)n(C)c(=O)c(C)c32)c1. The Hall–Kier alpha value is -4.27. The van der Waals surface area contributed by atoms with Gasteiger partial charge in [-0.05, 0) is 78.8 Å². The predicted molar refractivity (Wildman–Crippen MR) is 160 cm³/mol. The van der Waals surface area contributed by atoms with Gasteiger partial charge in [-0.2, -0.15) is 0 Å². The van der Waals surface area contributed by atoms with Crippen molar-refractivity contribution in [1.82, 2.24) is 13.7 Å². The van der Waals surface area contributed by atoms with Crippen molar-refractivity contribution in [2.45, 2.75) is 32.7 Å². The molecule has 0 radical (unpaired) electrons. The van der Waals surface area contributed by atoms with Crippen LogP contribution >= 0.6 is 22.6 Å². The van der Waals surface area contributed by atoms with Gasteiger partial charge in [0.1, 0.15) is 17.0 Å². The molecule has 2 aromatic carbocycles. The number of aromatic nitrogens is 3. The highest BCUT2D eigenvalue weighted by molar-refractivity contribution is 14.1. The Balaban J connectivity index is 1.77. The van der Waals surface area contributed by atoms with Crippen LogP contribution in [0.3, 0.4) is 0 Å². The lowest BCUT2D eigenvalue weighted by Gasteiger charge is -2.21. The fraction of sp³-hybridized carbons (Fsp3) is 0.250. The van der Waals surface area contributed by atoms with Gasteiger partial charge in [-0.3, -0.25) is 32.9 Å². The molecular weight excluding hydrogens is 648 g/mol. The van der Waals surface area contributed by atoms with E-state index >= 15 is 0 Å². The number of aryl methyl sites for hydroxylation is 1. The largest absolute Gasteiger partial charge is 0.456 e. The van der Waals surface area contributed by atoms with Crippen LogP contribution in [0, 0.1) is 16.3 Å². The highest BCUT2D eigenvalue weighted by atomic mass is 127. The molecular formula is C28H25FIN5O6. The average molecular weight is 673 g/mol. The predicted octanol–water partition coefficient (Wildman–Crippen LogP) is 3.48. The molecule has 1 aliphatic carbocycles. The minimum Gasteiger partial charge on any atom is -0.456 e. The van der Waals surface area contributed by atoms with Crippen LogP contribution in [0.2, 0.25) is 0 Å². The molecule has 212 valence electrons. The summed E-state index contributed by atoms with van der Waals surface area (Å²) in [7, 11) is 1.47. The lowest BCUT2D eigenvalue weighted by molar-refractivity contribution is -0.144. The van der Waals surface area contributed by atoms with Crippen molar-refractivity contribution in [1.29, 1.82) is 0 Å². The zero-order valence-electron chi connectivity index (χ0n) is 22.3. The second kappa shape index (κ2) is 11.0. The van der Waals surface area contributed by atoms with E-state index in [1.807, 2.05) is 22.6 Å². The molecule has 0 spiro atoms. The summed E-state index contributed by atoms with van der Waals surface area (Å²) in [5.41, 5.74) is -0.897. The summed E-state index contributed by atoms with van der Waals surface area (Å²) in [6, 6.07) is 10.5. The first-order valence-corrected chi connectivity index (χ1v) is 13.7. The number of rotatable bonds is 7. The number of hydrogen-bond donors (Lipinski definition) is 2. The molecule has 1 saturated carbocycles. The van der Waals surface area contributed by atoms with Crippen LogP contribution in [0.15, 0.2) is 56.8 Å². The Morgan fingerprint density at radius 1 is 1.10 bits per heavy atom. The van der Waals surface area contributed by atoms with E-state index in [4.69, 9.17) is 4.74 Å². The monoisotopic (exact) mass is 673 g/mol. The molecule has 13 heteroatoms. The third kappa shape index (κ3) is 5.40. The van der Waals surface area contributed by atoms with E-state index < -0.39 is 41.1 Å². The number of pyridine rings is 1. The molecule has 0 saturated heterocycles. The van der Waals surface area contributed by atoms with Gasteiger partial charge in [0.2, 0.25) is 0 Å². The van der Waals surface area contributed by atoms with Crippen molar-refractivity contribution in [3.8, 4) is 5.69 Å². The summed E-state index contributed by atoms with van der Waals surface area (Å²) in [6.07, 6.45) is 1.26. The number of anilines is 3. The maximum atomic E-state index is 14.9. The molecule has 2 aromatic heterocycles. The van der Waals surface area contributed by atoms with Crippen LogP contribution in [0.1, 0.15) is 31.4 Å². The van der Waals surface area contributed by atoms with E-state index in [9.17, 15) is 28.4 Å². The molecule has 4 aromatic rings. The molecule has 11 nitrogen and oxygen atoms in total. The molecule has 2 heterocycles. The summed E-state index contributed by atoms with van der Waals surface area (Å²) in [6.45, 7) is 2.21. The van der Waals surface area contributed by atoms with Crippen LogP contribution < -0.4 is 27.4 Å². The molecule has 1 aliphatic rings. The molecule has 1 amide bonds. The van der Waals surface area contributed by atoms with Crippen molar-refractivity contribution in [3.05, 3.63) is 88.6 Å². The standard InChI is InChI=1S/C28H25FIN5O6/c1-14-24-23(25(33(3)26(14)38)32-21-10-7-16(30)11-20(21)29)27(39)35(18-8-9-18)28(40)34(24)19-6-4-5-17(12-19)31-22(37)13-41-15(2)36/h4-7,10-12,18,32H,8-9,13H2,1-3H3,(H,31,37). The molecule has 5 rings (SSSR count). The highest BCUT2D eigenvalue weighted by Gasteiger charge is 2.31. The summed E-state index contributed by atoms with van der Waals surface area (Å²) in [5, 5.41) is 5.57. The van der Waals surface area contributed by atoms with Gasteiger partial charge in [-0.15, -0.1) is 0 Å². The Morgan fingerprint density at radius 2 is 1.83 bits per heavy atom. The van der Waals surface area contributed by atoms with Crippen molar-refractivity contribution < 1.29 is 18.7 Å². The van der Waals surface area contributed by atoms with Crippen LogP contribution in [-0.2, 0) is 21.4 Å². The third-order valence-corrected chi connectivity index (χ3v) is 7.41. The smallest absolute Gasteiger partial charge is 0.336 e. The second-order valence-corrected chi connectivity index (χ2v) is 11.0. The first-order chi connectivity index (χ1) is 19.5. The van der Waals surface area contributed by atoms with Crippen molar-refractivity contribution in [2.24, 2.45) is 7.05 Å². The lowest BCUT2D eigenvalue weighted by Crippen LogP contribution is -2.41. The van der Waals surface area contributed by atoms with Gasteiger partial charge < -0.3 is 15.4 Å². The first-order valence-electron chi connectivity index (χ1n) is 12.6. The van der Waals surface area contributed by atoms with Gasteiger partial charge in [0.25, 0.3) is 17.0 Å². The fourth-order valence-corrected chi connectivity index (χ4v) is 5.11. The van der Waals surface area contributed by atoms with Gasteiger partial charge in [-0.1, -0.05) is 6.07 Å². The van der Waals surface area contributed by atoms with Crippen LogP contribution in [-0.4, -0.2) is 32.2 Å². The van der Waals surface area contributed by atoms with Crippen LogP contribution in [0.5, 0.6) is 0 Å². The zero-order chi connectivity index (χ0) is 29.6. The number of carbonyl (C=O) groups excluding carboxylic acids is 2. The molecule has 0 atom stereocenters. The molecule has 2 N–H and O–H groups in total. The topological polar surface area (TPSA) is 133 Å². The number of benzene rings is 2. The maximum absolute atomic E-state index is 14.9. The molecule has 0 aliphatic heterocycles. The van der Waals surface area contributed by atoms with Gasteiger partial charge in [0, 0.05) is 34.8 Å². The first kappa shape index (κ1) is 28.3. The van der Waals surface area contributed by atoms with E-state index in [1.165, 1.54) is 48.2 Å². The van der Waals surface area contributed by atoms with Gasteiger partial charge in [0.15, 0.2) is 6.61 Å². The number of nitrogens with zero attached hydrogens (tertiary/aromatic N) is 3. The summed E-state index contributed by atoms with van der Waals surface area (Å²) in [5.74, 6) is -1.74. The summed E-state index contributed by atoms with van der Waals surface area (Å²) < 4.78 is 23.9.